The van der Waals surface area contributed by atoms with Crippen LogP contribution in [0.2, 0.25) is 0 Å². The molecule has 2 rings (SSSR count). The Morgan fingerprint density at radius 1 is 1.65 bits per heavy atom. The molecule has 0 saturated carbocycles. The summed E-state index contributed by atoms with van der Waals surface area (Å²) < 4.78 is 0. The largest absolute Gasteiger partial charge is 0.336 e. The van der Waals surface area contributed by atoms with Crippen molar-refractivity contribution in [3.63, 3.8) is 0 Å². The molecule has 94 valence electrons. The van der Waals surface area contributed by atoms with Crippen LogP contribution in [0.4, 0.5) is 0 Å². The van der Waals surface area contributed by atoms with Gasteiger partial charge in [-0.1, -0.05) is 6.92 Å². The fourth-order valence-corrected chi connectivity index (χ4v) is 2.09. The van der Waals surface area contributed by atoms with Gasteiger partial charge in [-0.25, -0.2) is 4.98 Å². The highest BCUT2D eigenvalue weighted by Gasteiger charge is 2.28. The standard InChI is InChI=1S/C11H19N5O/c1-2-3-9-13-10(15-14-9)11(17)16-5-4-8(6-12)7-16/h8H,2-7,12H2,1H3,(H,13,14,15). The summed E-state index contributed by atoms with van der Waals surface area (Å²) in [5.41, 5.74) is 5.60. The van der Waals surface area contributed by atoms with E-state index in [1.807, 2.05) is 0 Å². The van der Waals surface area contributed by atoms with Crippen molar-refractivity contribution in [3.05, 3.63) is 11.6 Å². The Morgan fingerprint density at radius 2 is 2.47 bits per heavy atom. The van der Waals surface area contributed by atoms with E-state index >= 15 is 0 Å². The molecule has 1 amide bonds. The van der Waals surface area contributed by atoms with Crippen LogP contribution >= 0.6 is 0 Å². The number of nitrogens with one attached hydrogen (secondary N) is 1. The minimum Gasteiger partial charge on any atom is -0.336 e. The predicted octanol–water partition coefficient (Wildman–Crippen LogP) is 0.178. The summed E-state index contributed by atoms with van der Waals surface area (Å²) in [5, 5.41) is 6.77. The molecule has 6 nitrogen and oxygen atoms in total. The summed E-state index contributed by atoms with van der Waals surface area (Å²) in [6, 6.07) is 0. The van der Waals surface area contributed by atoms with E-state index in [1.165, 1.54) is 0 Å². The Bertz CT molecular complexity index is 389. The predicted molar refractivity (Wildman–Crippen MR) is 63.4 cm³/mol. The number of nitrogens with two attached hydrogens (primary N) is 1. The number of carbonyl (C=O) groups excluding carboxylic acids is 1. The maximum atomic E-state index is 12.1. The van der Waals surface area contributed by atoms with E-state index in [4.69, 9.17) is 5.73 Å². The highest BCUT2D eigenvalue weighted by molar-refractivity contribution is 5.90. The third-order valence-corrected chi connectivity index (χ3v) is 3.12. The molecule has 1 saturated heterocycles. The molecule has 3 N–H and O–H groups in total. The van der Waals surface area contributed by atoms with E-state index in [2.05, 4.69) is 22.1 Å². The lowest BCUT2D eigenvalue weighted by Gasteiger charge is -2.13. The molecule has 1 aromatic heterocycles. The molecule has 0 spiro atoms. The second-order valence-corrected chi connectivity index (χ2v) is 4.50. The van der Waals surface area contributed by atoms with Gasteiger partial charge in [0.25, 0.3) is 5.91 Å². The lowest BCUT2D eigenvalue weighted by Crippen LogP contribution is -2.30. The number of rotatable bonds is 4. The molecule has 0 aromatic carbocycles. The summed E-state index contributed by atoms with van der Waals surface area (Å²) in [7, 11) is 0. The Labute approximate surface area is 101 Å². The van der Waals surface area contributed by atoms with Crippen LogP contribution in [0.25, 0.3) is 0 Å². The summed E-state index contributed by atoms with van der Waals surface area (Å²) >= 11 is 0. The first-order valence-corrected chi connectivity index (χ1v) is 6.15. The molecule has 1 unspecified atom stereocenters. The number of aromatic amines is 1. The molecule has 0 radical (unpaired) electrons. The van der Waals surface area contributed by atoms with Gasteiger partial charge in [0.1, 0.15) is 5.82 Å². The van der Waals surface area contributed by atoms with Gasteiger partial charge >= 0.3 is 0 Å². The SMILES string of the molecule is CCCc1nc(C(=O)N2CCC(CN)C2)n[nH]1. The number of amides is 1. The van der Waals surface area contributed by atoms with E-state index in [0.29, 0.717) is 12.5 Å². The molecule has 1 aliphatic heterocycles. The van der Waals surface area contributed by atoms with E-state index in [-0.39, 0.29) is 11.7 Å². The van der Waals surface area contributed by atoms with Gasteiger partial charge in [0.2, 0.25) is 5.82 Å². The average Bonchev–Trinajstić information content (AvgIpc) is 2.97. The Hall–Kier alpha value is -1.43. The van der Waals surface area contributed by atoms with Gasteiger partial charge in [-0.2, -0.15) is 0 Å². The summed E-state index contributed by atoms with van der Waals surface area (Å²) in [6.07, 6.45) is 2.79. The summed E-state index contributed by atoms with van der Waals surface area (Å²) in [6.45, 7) is 4.19. The van der Waals surface area contributed by atoms with Gasteiger partial charge < -0.3 is 10.6 Å². The van der Waals surface area contributed by atoms with Crippen LogP contribution in [0.15, 0.2) is 0 Å². The first-order chi connectivity index (χ1) is 8.24. The van der Waals surface area contributed by atoms with Crippen LogP contribution in [0.5, 0.6) is 0 Å². The van der Waals surface area contributed by atoms with Crippen LogP contribution in [-0.2, 0) is 6.42 Å². The molecule has 6 heteroatoms. The lowest BCUT2D eigenvalue weighted by molar-refractivity contribution is 0.0776. The molecular weight excluding hydrogens is 218 g/mol. The number of H-pyrrole nitrogens is 1. The molecule has 0 aliphatic carbocycles. The normalized spacial score (nSPS) is 19.9. The zero-order chi connectivity index (χ0) is 12.3. The third kappa shape index (κ3) is 2.63. The molecule has 1 aliphatic rings. The molecule has 1 atom stereocenters. The van der Waals surface area contributed by atoms with Crippen molar-refractivity contribution >= 4 is 5.91 Å². The molecule has 17 heavy (non-hydrogen) atoms. The zero-order valence-corrected chi connectivity index (χ0v) is 10.1. The number of carbonyl (C=O) groups is 1. The number of aryl methyl sites for hydroxylation is 1. The van der Waals surface area contributed by atoms with E-state index in [9.17, 15) is 4.79 Å². The second-order valence-electron chi connectivity index (χ2n) is 4.50. The molecule has 1 aromatic rings. The summed E-state index contributed by atoms with van der Waals surface area (Å²) in [5.74, 6) is 1.41. The number of aromatic nitrogens is 3. The van der Waals surface area contributed by atoms with Gasteiger partial charge in [0.15, 0.2) is 0 Å². The van der Waals surface area contributed by atoms with Gasteiger partial charge in [0.05, 0.1) is 0 Å². The second kappa shape index (κ2) is 5.27. The lowest BCUT2D eigenvalue weighted by atomic mass is 10.1. The highest BCUT2D eigenvalue weighted by Crippen LogP contribution is 2.16. The number of hydrogen-bond donors (Lipinski definition) is 2. The Morgan fingerprint density at radius 3 is 3.12 bits per heavy atom. The van der Waals surface area contributed by atoms with Crippen molar-refractivity contribution in [1.82, 2.24) is 20.1 Å². The van der Waals surface area contributed by atoms with Crippen molar-refractivity contribution in [1.29, 1.82) is 0 Å². The topological polar surface area (TPSA) is 87.9 Å². The van der Waals surface area contributed by atoms with Gasteiger partial charge in [-0.3, -0.25) is 9.89 Å². The summed E-state index contributed by atoms with van der Waals surface area (Å²) in [4.78, 5) is 18.1. The highest BCUT2D eigenvalue weighted by atomic mass is 16.2. The number of nitrogens with zero attached hydrogens (tertiary/aromatic N) is 3. The fourth-order valence-electron chi connectivity index (χ4n) is 2.09. The number of likely N-dealkylation sites (tertiary alicyclic amines) is 1. The third-order valence-electron chi connectivity index (χ3n) is 3.12. The molecule has 1 fully saturated rings. The monoisotopic (exact) mass is 237 g/mol. The fraction of sp³-hybridized carbons (Fsp3) is 0.727. The first kappa shape index (κ1) is 12.0. The van der Waals surface area contributed by atoms with Gasteiger partial charge in [0, 0.05) is 19.5 Å². The number of hydrogen-bond acceptors (Lipinski definition) is 4. The maximum Gasteiger partial charge on any atom is 0.293 e. The van der Waals surface area contributed by atoms with E-state index in [1.54, 1.807) is 4.90 Å². The van der Waals surface area contributed by atoms with Crippen molar-refractivity contribution in [3.8, 4) is 0 Å². The Balaban J connectivity index is 1.99. The van der Waals surface area contributed by atoms with Gasteiger partial charge in [-0.05, 0) is 25.3 Å². The average molecular weight is 237 g/mol. The van der Waals surface area contributed by atoms with E-state index in [0.717, 1.165) is 38.2 Å². The quantitative estimate of drug-likeness (QED) is 0.781. The maximum absolute atomic E-state index is 12.1. The van der Waals surface area contributed by atoms with Crippen LogP contribution < -0.4 is 5.73 Å². The van der Waals surface area contributed by atoms with Crippen LogP contribution in [0.1, 0.15) is 36.2 Å². The van der Waals surface area contributed by atoms with Crippen molar-refractivity contribution in [2.24, 2.45) is 11.7 Å². The minimum atomic E-state index is -0.0837. The minimum absolute atomic E-state index is 0.0837. The van der Waals surface area contributed by atoms with Crippen LogP contribution in [0.3, 0.4) is 0 Å². The Kier molecular flexibility index (Phi) is 3.73. The first-order valence-electron chi connectivity index (χ1n) is 6.15. The van der Waals surface area contributed by atoms with Gasteiger partial charge in [-0.15, -0.1) is 5.10 Å². The molecule has 2 heterocycles. The van der Waals surface area contributed by atoms with E-state index < -0.39 is 0 Å². The molecule has 0 bridgehead atoms. The van der Waals surface area contributed by atoms with Crippen LogP contribution in [-0.4, -0.2) is 45.6 Å². The molecular formula is C11H19N5O. The van der Waals surface area contributed by atoms with Crippen molar-refractivity contribution in [2.45, 2.75) is 26.2 Å². The zero-order valence-electron chi connectivity index (χ0n) is 10.1. The van der Waals surface area contributed by atoms with Crippen molar-refractivity contribution in [2.75, 3.05) is 19.6 Å². The van der Waals surface area contributed by atoms with Crippen LogP contribution in [0, 0.1) is 5.92 Å². The smallest absolute Gasteiger partial charge is 0.293 e. The van der Waals surface area contributed by atoms with Crippen molar-refractivity contribution < 1.29 is 4.79 Å².